The van der Waals surface area contributed by atoms with E-state index in [9.17, 15) is 0 Å². The first-order valence-electron chi connectivity index (χ1n) is 6.86. The van der Waals surface area contributed by atoms with E-state index in [0.717, 1.165) is 22.7 Å². The fraction of sp³-hybridized carbons (Fsp3) is 0.188. The lowest BCUT2D eigenvalue weighted by Crippen LogP contribution is -2.08. The molecule has 1 N–H and O–H groups in total. The van der Waals surface area contributed by atoms with Crippen molar-refractivity contribution in [1.82, 2.24) is 20.2 Å². The molecule has 0 aliphatic heterocycles. The number of nitrogens with zero attached hydrogens (tertiary/aromatic N) is 3. The fourth-order valence-corrected chi connectivity index (χ4v) is 2.66. The summed E-state index contributed by atoms with van der Waals surface area (Å²) in [4.78, 5) is 7.28. The number of aromatic nitrogens is 4. The van der Waals surface area contributed by atoms with Gasteiger partial charge in [0.05, 0.1) is 19.1 Å². The lowest BCUT2D eigenvalue weighted by atomic mass is 9.91. The van der Waals surface area contributed by atoms with Gasteiger partial charge in [-0.2, -0.15) is 10.2 Å². The lowest BCUT2D eigenvalue weighted by molar-refractivity contribution is 0.414. The van der Waals surface area contributed by atoms with E-state index in [0.29, 0.717) is 11.4 Å². The highest BCUT2D eigenvalue weighted by molar-refractivity contribution is 6.31. The third-order valence-corrected chi connectivity index (χ3v) is 3.86. The van der Waals surface area contributed by atoms with Gasteiger partial charge in [0.2, 0.25) is 0 Å². The van der Waals surface area contributed by atoms with E-state index in [1.165, 1.54) is 0 Å². The third kappa shape index (κ3) is 3.09. The molecule has 5 nitrogen and oxygen atoms in total. The van der Waals surface area contributed by atoms with Crippen LogP contribution in [0.2, 0.25) is 5.02 Å². The number of imidazole rings is 1. The van der Waals surface area contributed by atoms with Gasteiger partial charge >= 0.3 is 0 Å². The first-order valence-corrected chi connectivity index (χ1v) is 7.24. The highest BCUT2D eigenvalue weighted by Gasteiger charge is 2.20. The summed E-state index contributed by atoms with van der Waals surface area (Å²) in [5.41, 5.74) is 2.83. The maximum absolute atomic E-state index is 6.41. The molecule has 0 amide bonds. The van der Waals surface area contributed by atoms with Gasteiger partial charge in [-0.15, -0.1) is 0 Å². The van der Waals surface area contributed by atoms with Crippen LogP contribution in [-0.2, 0) is 6.42 Å². The Hall–Kier alpha value is -2.40. The van der Waals surface area contributed by atoms with Crippen molar-refractivity contribution in [2.24, 2.45) is 0 Å². The molecule has 3 aromatic rings. The van der Waals surface area contributed by atoms with Crippen molar-refractivity contribution in [2.75, 3.05) is 7.11 Å². The maximum atomic E-state index is 6.41. The number of H-pyrrole nitrogens is 1. The molecular weight excluding hydrogens is 300 g/mol. The Morgan fingerprint density at radius 1 is 1.32 bits per heavy atom. The molecular formula is C16H15ClN4O. The number of methoxy groups -OCH3 is 1. The summed E-state index contributed by atoms with van der Waals surface area (Å²) in [6.45, 7) is 0. The van der Waals surface area contributed by atoms with Gasteiger partial charge in [-0.05, 0) is 35.9 Å². The van der Waals surface area contributed by atoms with Gasteiger partial charge in [0.15, 0.2) is 0 Å². The molecule has 22 heavy (non-hydrogen) atoms. The van der Waals surface area contributed by atoms with Gasteiger partial charge in [-0.25, -0.2) is 4.98 Å². The Kier molecular flexibility index (Phi) is 4.34. The van der Waals surface area contributed by atoms with Crippen LogP contribution in [0.15, 0.2) is 49.1 Å². The van der Waals surface area contributed by atoms with Crippen molar-refractivity contribution in [1.29, 1.82) is 0 Å². The second kappa shape index (κ2) is 6.58. The molecule has 112 valence electrons. The largest absolute Gasteiger partial charge is 0.497 e. The van der Waals surface area contributed by atoms with Crippen LogP contribution < -0.4 is 4.74 Å². The molecule has 1 unspecified atom stereocenters. The molecule has 0 radical (unpaired) electrons. The summed E-state index contributed by atoms with van der Waals surface area (Å²) in [6, 6.07) is 9.46. The normalized spacial score (nSPS) is 12.1. The summed E-state index contributed by atoms with van der Waals surface area (Å²) in [5, 5.41) is 8.79. The number of hydrogen-bond acceptors (Lipinski definition) is 4. The molecule has 0 fully saturated rings. The SMILES string of the molecule is COc1ccc(Cl)c(C(Cc2cccnn2)c2cnc[nH]2)c1. The van der Waals surface area contributed by atoms with Crippen molar-refractivity contribution < 1.29 is 4.74 Å². The zero-order chi connectivity index (χ0) is 15.4. The molecule has 0 aliphatic rings. The summed E-state index contributed by atoms with van der Waals surface area (Å²) in [6.07, 6.45) is 5.79. The van der Waals surface area contributed by atoms with Gasteiger partial charge in [0.25, 0.3) is 0 Å². The Balaban J connectivity index is 2.02. The van der Waals surface area contributed by atoms with Crippen molar-refractivity contribution >= 4 is 11.6 Å². The smallest absolute Gasteiger partial charge is 0.119 e. The van der Waals surface area contributed by atoms with Crippen molar-refractivity contribution in [3.63, 3.8) is 0 Å². The Labute approximate surface area is 133 Å². The van der Waals surface area contributed by atoms with Crippen LogP contribution in [0.3, 0.4) is 0 Å². The summed E-state index contributed by atoms with van der Waals surface area (Å²) >= 11 is 6.41. The standard InChI is InChI=1S/C16H15ClN4O/c1-22-12-4-5-15(17)13(8-12)14(16-9-18-10-19-16)7-11-3-2-6-20-21-11/h2-6,8-10,14H,7H2,1H3,(H,18,19). The van der Waals surface area contributed by atoms with Crippen molar-refractivity contribution in [2.45, 2.75) is 12.3 Å². The zero-order valence-corrected chi connectivity index (χ0v) is 12.8. The van der Waals surface area contributed by atoms with Gasteiger partial charge < -0.3 is 9.72 Å². The topological polar surface area (TPSA) is 63.7 Å². The number of ether oxygens (including phenoxy) is 1. The molecule has 1 aromatic carbocycles. The number of halogens is 1. The van der Waals surface area contributed by atoms with E-state index in [2.05, 4.69) is 20.2 Å². The molecule has 6 heteroatoms. The van der Waals surface area contributed by atoms with Crippen molar-refractivity contribution in [3.8, 4) is 5.75 Å². The average molecular weight is 315 g/mol. The molecule has 0 bridgehead atoms. The molecule has 3 rings (SSSR count). The summed E-state index contributed by atoms with van der Waals surface area (Å²) in [5.74, 6) is 0.768. The van der Waals surface area contributed by atoms with Crippen LogP contribution in [0, 0.1) is 0 Å². The second-order valence-corrected chi connectivity index (χ2v) is 5.27. The number of nitrogens with one attached hydrogen (secondary N) is 1. The second-order valence-electron chi connectivity index (χ2n) is 4.87. The number of aromatic amines is 1. The minimum Gasteiger partial charge on any atom is -0.497 e. The Morgan fingerprint density at radius 2 is 2.23 bits per heavy atom. The van der Waals surface area contributed by atoms with E-state index < -0.39 is 0 Å². The zero-order valence-electron chi connectivity index (χ0n) is 12.0. The maximum Gasteiger partial charge on any atom is 0.119 e. The minimum atomic E-state index is 0.00167. The minimum absolute atomic E-state index is 0.00167. The highest BCUT2D eigenvalue weighted by Crippen LogP contribution is 2.34. The summed E-state index contributed by atoms with van der Waals surface area (Å²) < 4.78 is 5.32. The van der Waals surface area contributed by atoms with E-state index in [-0.39, 0.29) is 5.92 Å². The van der Waals surface area contributed by atoms with E-state index in [4.69, 9.17) is 16.3 Å². The highest BCUT2D eigenvalue weighted by atomic mass is 35.5. The lowest BCUT2D eigenvalue weighted by Gasteiger charge is -2.17. The quantitative estimate of drug-likeness (QED) is 0.785. The van der Waals surface area contributed by atoms with Crippen LogP contribution in [0.1, 0.15) is 22.9 Å². The van der Waals surface area contributed by atoms with E-state index in [1.54, 1.807) is 25.8 Å². The van der Waals surface area contributed by atoms with Gasteiger partial charge in [-0.1, -0.05) is 11.6 Å². The number of hydrogen-bond donors (Lipinski definition) is 1. The van der Waals surface area contributed by atoms with Crippen molar-refractivity contribution in [3.05, 3.63) is 71.0 Å². The van der Waals surface area contributed by atoms with Crippen LogP contribution >= 0.6 is 11.6 Å². The Bertz CT molecular complexity index is 731. The van der Waals surface area contributed by atoms with Gasteiger partial charge in [-0.3, -0.25) is 0 Å². The van der Waals surface area contributed by atoms with Crippen LogP contribution in [0.25, 0.3) is 0 Å². The summed E-state index contributed by atoms with van der Waals surface area (Å²) in [7, 11) is 1.64. The van der Waals surface area contributed by atoms with Crippen LogP contribution in [-0.4, -0.2) is 27.3 Å². The fourth-order valence-electron chi connectivity index (χ4n) is 2.41. The van der Waals surface area contributed by atoms with Crippen LogP contribution in [0.4, 0.5) is 0 Å². The van der Waals surface area contributed by atoms with E-state index in [1.807, 2.05) is 30.3 Å². The third-order valence-electron chi connectivity index (χ3n) is 3.51. The molecule has 2 aromatic heterocycles. The monoisotopic (exact) mass is 314 g/mol. The first kappa shape index (κ1) is 14.5. The molecule has 0 spiro atoms. The molecule has 1 atom stereocenters. The number of benzene rings is 1. The first-order chi connectivity index (χ1) is 10.8. The predicted molar refractivity (Wildman–Crippen MR) is 84.2 cm³/mol. The predicted octanol–water partition coefficient (Wildman–Crippen LogP) is 3.24. The molecule has 0 saturated carbocycles. The van der Waals surface area contributed by atoms with Crippen LogP contribution in [0.5, 0.6) is 5.75 Å². The number of rotatable bonds is 5. The van der Waals surface area contributed by atoms with E-state index >= 15 is 0 Å². The molecule has 2 heterocycles. The van der Waals surface area contributed by atoms with Gasteiger partial charge in [0.1, 0.15) is 5.75 Å². The molecule has 0 saturated heterocycles. The molecule has 0 aliphatic carbocycles. The Morgan fingerprint density at radius 3 is 2.91 bits per heavy atom. The van der Waals surface area contributed by atoms with Gasteiger partial charge in [0, 0.05) is 35.4 Å². The average Bonchev–Trinajstić information content (AvgIpc) is 3.09.